The van der Waals surface area contributed by atoms with Crippen molar-refractivity contribution in [2.75, 3.05) is 25.1 Å². The minimum absolute atomic E-state index is 0. The van der Waals surface area contributed by atoms with Crippen molar-refractivity contribution in [3.63, 3.8) is 0 Å². The number of anilines is 1. The average Bonchev–Trinajstić information content (AvgIpc) is 2.91. The van der Waals surface area contributed by atoms with E-state index in [2.05, 4.69) is 17.2 Å². The van der Waals surface area contributed by atoms with Gasteiger partial charge >= 0.3 is 0 Å². The number of aryl methyl sites for hydroxylation is 1. The fourth-order valence-corrected chi connectivity index (χ4v) is 2.75. The summed E-state index contributed by atoms with van der Waals surface area (Å²) < 4.78 is 17.4. The molecule has 0 amide bonds. The largest absolute Gasteiger partial charge is 0.490 e. The molecule has 3 rings (SSSR count). The zero-order valence-corrected chi connectivity index (χ0v) is 18.6. The second-order valence-electron chi connectivity index (χ2n) is 6.48. The molecule has 0 fully saturated rings. The average molecular weight is 497 g/mol. The van der Waals surface area contributed by atoms with Gasteiger partial charge in [0, 0.05) is 18.2 Å². The van der Waals surface area contributed by atoms with Gasteiger partial charge < -0.3 is 25.3 Å². The van der Waals surface area contributed by atoms with E-state index in [1.165, 1.54) is 0 Å². The smallest absolute Gasteiger partial charge is 0.193 e. The van der Waals surface area contributed by atoms with Crippen LogP contribution >= 0.6 is 24.0 Å². The Bertz CT molecular complexity index is 798. The molecule has 0 bridgehead atoms. The molecule has 0 spiro atoms. The van der Waals surface area contributed by atoms with Crippen LogP contribution in [0.1, 0.15) is 25.3 Å². The lowest BCUT2D eigenvalue weighted by Gasteiger charge is -2.17. The van der Waals surface area contributed by atoms with Crippen LogP contribution in [0.25, 0.3) is 0 Å². The van der Waals surface area contributed by atoms with Crippen molar-refractivity contribution in [2.24, 2.45) is 10.7 Å². The van der Waals surface area contributed by atoms with E-state index in [4.69, 9.17) is 19.9 Å². The van der Waals surface area contributed by atoms with Crippen LogP contribution in [0.15, 0.2) is 47.5 Å². The van der Waals surface area contributed by atoms with Gasteiger partial charge in [-0.2, -0.15) is 0 Å². The first-order valence-corrected chi connectivity index (χ1v) is 9.34. The third-order valence-corrected chi connectivity index (χ3v) is 4.33. The van der Waals surface area contributed by atoms with E-state index in [9.17, 15) is 0 Å². The van der Waals surface area contributed by atoms with Gasteiger partial charge in [-0.05, 0) is 37.1 Å². The van der Waals surface area contributed by atoms with Crippen LogP contribution in [0.4, 0.5) is 5.69 Å². The van der Waals surface area contributed by atoms with E-state index >= 15 is 0 Å². The second kappa shape index (κ2) is 11.0. The number of ether oxygens (including phenoxy) is 3. The lowest BCUT2D eigenvalue weighted by atomic mass is 10.2. The van der Waals surface area contributed by atoms with Gasteiger partial charge in [-0.25, -0.2) is 4.99 Å². The van der Waals surface area contributed by atoms with Crippen molar-refractivity contribution < 1.29 is 14.2 Å². The highest BCUT2D eigenvalue weighted by molar-refractivity contribution is 14.0. The van der Waals surface area contributed by atoms with E-state index < -0.39 is 0 Å². The molecule has 1 aliphatic rings. The summed E-state index contributed by atoms with van der Waals surface area (Å²) >= 11 is 0. The van der Waals surface area contributed by atoms with E-state index in [1.807, 2.05) is 49.4 Å². The minimum atomic E-state index is -0.0322. The SMILES string of the molecule is CCC(CN=C(N)Nc1ccc2c(c1)OCCCO2)Oc1ccccc1C.I. The molecule has 1 heterocycles. The van der Waals surface area contributed by atoms with Crippen LogP contribution < -0.4 is 25.3 Å². The molecule has 1 aliphatic heterocycles. The van der Waals surface area contributed by atoms with Gasteiger partial charge in [-0.15, -0.1) is 24.0 Å². The maximum Gasteiger partial charge on any atom is 0.193 e. The predicted molar refractivity (Wildman–Crippen MR) is 123 cm³/mol. The Labute approximate surface area is 183 Å². The van der Waals surface area contributed by atoms with Gasteiger partial charge in [0.15, 0.2) is 17.5 Å². The molecule has 152 valence electrons. The van der Waals surface area contributed by atoms with Crippen molar-refractivity contribution in [3.8, 4) is 17.2 Å². The van der Waals surface area contributed by atoms with Gasteiger partial charge in [0.1, 0.15) is 11.9 Å². The number of para-hydroxylation sites is 1. The van der Waals surface area contributed by atoms with Gasteiger partial charge in [-0.1, -0.05) is 25.1 Å². The normalized spacial score (nSPS) is 14.4. The number of halogens is 1. The van der Waals surface area contributed by atoms with Crippen molar-refractivity contribution in [1.82, 2.24) is 0 Å². The highest BCUT2D eigenvalue weighted by Gasteiger charge is 2.12. The number of benzene rings is 2. The van der Waals surface area contributed by atoms with E-state index in [0.717, 1.165) is 41.3 Å². The third-order valence-electron chi connectivity index (χ3n) is 4.33. The molecule has 0 saturated carbocycles. The Morgan fingerprint density at radius 1 is 1.18 bits per heavy atom. The quantitative estimate of drug-likeness (QED) is 0.353. The number of fused-ring (bicyclic) bond motifs is 1. The van der Waals surface area contributed by atoms with Gasteiger partial charge in [0.2, 0.25) is 0 Å². The molecule has 0 aliphatic carbocycles. The summed E-state index contributed by atoms with van der Waals surface area (Å²) in [5, 5.41) is 3.10. The van der Waals surface area contributed by atoms with Crippen LogP contribution in [0, 0.1) is 6.92 Å². The molecule has 7 heteroatoms. The molecule has 2 aromatic carbocycles. The van der Waals surface area contributed by atoms with E-state index in [-0.39, 0.29) is 30.1 Å². The molecule has 2 aromatic rings. The number of guanidine groups is 1. The number of hydrogen-bond acceptors (Lipinski definition) is 4. The van der Waals surface area contributed by atoms with Crippen LogP contribution in [0.2, 0.25) is 0 Å². The minimum Gasteiger partial charge on any atom is -0.490 e. The van der Waals surface area contributed by atoms with Crippen LogP contribution in [0.5, 0.6) is 17.2 Å². The first-order valence-electron chi connectivity index (χ1n) is 9.34. The van der Waals surface area contributed by atoms with Crippen molar-refractivity contribution in [2.45, 2.75) is 32.8 Å². The summed E-state index contributed by atoms with van der Waals surface area (Å²) in [6, 6.07) is 13.6. The molecule has 1 unspecified atom stereocenters. The number of aliphatic imine (C=N–C) groups is 1. The first-order chi connectivity index (χ1) is 13.2. The Hall–Kier alpha value is -2.16. The van der Waals surface area contributed by atoms with Crippen LogP contribution in [-0.2, 0) is 0 Å². The molecule has 28 heavy (non-hydrogen) atoms. The lowest BCUT2D eigenvalue weighted by Crippen LogP contribution is -2.26. The number of nitrogens with zero attached hydrogens (tertiary/aromatic N) is 1. The summed E-state index contributed by atoms with van der Waals surface area (Å²) in [5.74, 6) is 2.70. The zero-order chi connectivity index (χ0) is 19.1. The molecule has 0 saturated heterocycles. The summed E-state index contributed by atoms with van der Waals surface area (Å²) in [6.07, 6.45) is 1.69. The fraction of sp³-hybridized carbons (Fsp3) is 0.381. The maximum absolute atomic E-state index is 6.06. The topological polar surface area (TPSA) is 78.1 Å². The van der Waals surface area contributed by atoms with Crippen molar-refractivity contribution >= 4 is 35.6 Å². The van der Waals surface area contributed by atoms with Crippen LogP contribution in [0.3, 0.4) is 0 Å². The summed E-state index contributed by atoms with van der Waals surface area (Å²) in [5.41, 5.74) is 7.97. The van der Waals surface area contributed by atoms with Gasteiger partial charge in [0.05, 0.1) is 19.8 Å². The van der Waals surface area contributed by atoms with E-state index in [0.29, 0.717) is 25.7 Å². The molecular weight excluding hydrogens is 469 g/mol. The second-order valence-corrected chi connectivity index (χ2v) is 6.48. The Kier molecular flexibility index (Phi) is 8.69. The molecule has 0 radical (unpaired) electrons. The first kappa shape index (κ1) is 22.1. The molecule has 3 N–H and O–H groups in total. The van der Waals surface area contributed by atoms with Gasteiger partial charge in [-0.3, -0.25) is 0 Å². The summed E-state index contributed by atoms with van der Waals surface area (Å²) in [7, 11) is 0. The standard InChI is InChI=1S/C21H27N3O3.HI/c1-3-17(27-18-8-5-4-7-15(18)2)14-23-21(22)24-16-9-10-19-20(13-16)26-12-6-11-25-19;/h4-5,7-10,13,17H,3,6,11-12,14H2,1-2H3,(H3,22,23,24);1H. The monoisotopic (exact) mass is 497 g/mol. The Balaban J connectivity index is 0.00000280. The van der Waals surface area contributed by atoms with Crippen molar-refractivity contribution in [3.05, 3.63) is 48.0 Å². The lowest BCUT2D eigenvalue weighted by molar-refractivity contribution is 0.204. The molecule has 1 atom stereocenters. The highest BCUT2D eigenvalue weighted by atomic mass is 127. The molecule has 6 nitrogen and oxygen atoms in total. The highest BCUT2D eigenvalue weighted by Crippen LogP contribution is 2.32. The van der Waals surface area contributed by atoms with E-state index in [1.54, 1.807) is 0 Å². The Morgan fingerprint density at radius 3 is 2.68 bits per heavy atom. The van der Waals surface area contributed by atoms with Crippen molar-refractivity contribution in [1.29, 1.82) is 0 Å². The number of nitrogens with one attached hydrogen (secondary N) is 1. The fourth-order valence-electron chi connectivity index (χ4n) is 2.75. The number of hydrogen-bond donors (Lipinski definition) is 2. The summed E-state index contributed by atoms with van der Waals surface area (Å²) in [4.78, 5) is 4.43. The molecular formula is C21H28IN3O3. The summed E-state index contributed by atoms with van der Waals surface area (Å²) in [6.45, 7) is 5.91. The molecule has 0 aromatic heterocycles. The third kappa shape index (κ3) is 6.19. The predicted octanol–water partition coefficient (Wildman–Crippen LogP) is 4.36. The Morgan fingerprint density at radius 2 is 1.93 bits per heavy atom. The zero-order valence-electron chi connectivity index (χ0n) is 16.3. The number of rotatable bonds is 6. The van der Waals surface area contributed by atoms with Gasteiger partial charge in [0.25, 0.3) is 0 Å². The number of nitrogens with two attached hydrogens (primary N) is 1. The maximum atomic E-state index is 6.06. The van der Waals surface area contributed by atoms with Crippen LogP contribution in [-0.4, -0.2) is 31.8 Å².